The summed E-state index contributed by atoms with van der Waals surface area (Å²) in [5, 5.41) is 6.42. The Kier molecular flexibility index (Phi) is 8.23. The molecule has 1 aromatic carbocycles. The lowest BCUT2D eigenvalue weighted by Gasteiger charge is -2.13. The number of imidazole rings is 1. The second-order valence-electron chi connectivity index (χ2n) is 6.79. The number of halogens is 2. The van der Waals surface area contributed by atoms with Crippen LogP contribution in [0.1, 0.15) is 28.0 Å². The molecule has 150 valence electrons. The predicted octanol–water partition coefficient (Wildman–Crippen LogP) is 2.70. The average molecular weight is 422 g/mol. The minimum Gasteiger partial charge on any atom is -0.352 e. The largest absolute Gasteiger partial charge is 0.352 e. The van der Waals surface area contributed by atoms with Crippen LogP contribution in [0.15, 0.2) is 48.9 Å². The van der Waals surface area contributed by atoms with Gasteiger partial charge in [-0.15, -0.1) is 24.8 Å². The van der Waals surface area contributed by atoms with Crippen molar-refractivity contribution in [3.63, 3.8) is 0 Å². The molecule has 1 fully saturated rings. The Morgan fingerprint density at radius 3 is 2.89 bits per heavy atom. The molecular formula is C20H25Cl2N5O. The minimum absolute atomic E-state index is 0. The summed E-state index contributed by atoms with van der Waals surface area (Å²) in [6, 6.07) is 9.80. The van der Waals surface area contributed by atoms with Crippen LogP contribution < -0.4 is 10.6 Å². The molecule has 3 aromatic rings. The maximum Gasteiger partial charge on any atom is 0.251 e. The fraction of sp³-hybridized carbons (Fsp3) is 0.350. The van der Waals surface area contributed by atoms with Gasteiger partial charge in [0.2, 0.25) is 5.78 Å². The van der Waals surface area contributed by atoms with Gasteiger partial charge >= 0.3 is 0 Å². The number of aromatic nitrogens is 3. The van der Waals surface area contributed by atoms with Crippen molar-refractivity contribution < 1.29 is 4.79 Å². The Hall–Kier alpha value is -2.15. The standard InChI is InChI=1S/C20H23N5O.2ClH/c26-19(18-5-2-1-4-16(18)12-15-6-9-21-13-15)22-10-7-17-14-25-11-3-8-23-20(25)24-17;;/h1-5,8,11,14-15,21H,6-7,9-10,12-13H2,(H,22,26);2*1H. The van der Waals surface area contributed by atoms with E-state index in [9.17, 15) is 4.79 Å². The van der Waals surface area contributed by atoms with Crippen molar-refractivity contribution in [2.75, 3.05) is 19.6 Å². The molecule has 1 saturated heterocycles. The number of carbonyl (C=O) groups excluding carboxylic acids is 1. The van der Waals surface area contributed by atoms with Gasteiger partial charge in [0.05, 0.1) is 5.69 Å². The zero-order chi connectivity index (χ0) is 17.8. The normalized spacial score (nSPS) is 15.6. The molecule has 1 aliphatic heterocycles. The fourth-order valence-corrected chi connectivity index (χ4v) is 3.52. The quantitative estimate of drug-likeness (QED) is 0.641. The van der Waals surface area contributed by atoms with E-state index in [0.29, 0.717) is 24.7 Å². The van der Waals surface area contributed by atoms with E-state index in [1.165, 1.54) is 6.42 Å². The van der Waals surface area contributed by atoms with E-state index in [0.717, 1.165) is 36.3 Å². The van der Waals surface area contributed by atoms with Crippen molar-refractivity contribution in [3.05, 3.63) is 65.7 Å². The molecule has 0 spiro atoms. The third-order valence-corrected chi connectivity index (χ3v) is 4.89. The van der Waals surface area contributed by atoms with Gasteiger partial charge < -0.3 is 10.6 Å². The highest BCUT2D eigenvalue weighted by Crippen LogP contribution is 2.18. The second-order valence-corrected chi connectivity index (χ2v) is 6.79. The van der Waals surface area contributed by atoms with E-state index in [1.807, 2.05) is 41.1 Å². The number of hydrogen-bond acceptors (Lipinski definition) is 4. The van der Waals surface area contributed by atoms with Gasteiger partial charge in [-0.3, -0.25) is 9.20 Å². The molecule has 1 aliphatic rings. The van der Waals surface area contributed by atoms with Crippen LogP contribution in [0, 0.1) is 5.92 Å². The predicted molar refractivity (Wildman–Crippen MR) is 115 cm³/mol. The van der Waals surface area contributed by atoms with Crippen molar-refractivity contribution in [2.45, 2.75) is 19.3 Å². The Balaban J connectivity index is 0.00000140. The first-order valence-corrected chi connectivity index (χ1v) is 9.15. The maximum atomic E-state index is 12.6. The molecule has 4 rings (SSSR count). The summed E-state index contributed by atoms with van der Waals surface area (Å²) >= 11 is 0. The number of nitrogens with zero attached hydrogens (tertiary/aromatic N) is 3. The maximum absolute atomic E-state index is 12.6. The van der Waals surface area contributed by atoms with Gasteiger partial charge in [-0.05, 0) is 49.5 Å². The van der Waals surface area contributed by atoms with Crippen molar-refractivity contribution in [3.8, 4) is 0 Å². The van der Waals surface area contributed by atoms with Crippen LogP contribution in [0.4, 0.5) is 0 Å². The number of amides is 1. The van der Waals surface area contributed by atoms with Crippen LogP contribution >= 0.6 is 24.8 Å². The fourth-order valence-electron chi connectivity index (χ4n) is 3.52. The highest BCUT2D eigenvalue weighted by atomic mass is 35.5. The number of benzene rings is 1. The number of nitrogens with one attached hydrogen (secondary N) is 2. The van der Waals surface area contributed by atoms with Gasteiger partial charge in [0.1, 0.15) is 0 Å². The molecular weight excluding hydrogens is 397 g/mol. The third kappa shape index (κ3) is 5.22. The van der Waals surface area contributed by atoms with Gasteiger partial charge in [-0.25, -0.2) is 9.97 Å². The lowest BCUT2D eigenvalue weighted by atomic mass is 9.94. The molecule has 28 heavy (non-hydrogen) atoms. The summed E-state index contributed by atoms with van der Waals surface area (Å²) in [7, 11) is 0. The lowest BCUT2D eigenvalue weighted by Crippen LogP contribution is -2.27. The van der Waals surface area contributed by atoms with Crippen LogP contribution in [-0.2, 0) is 12.8 Å². The number of carbonyl (C=O) groups is 1. The first kappa shape index (κ1) is 22.1. The molecule has 1 atom stereocenters. The Bertz CT molecular complexity index is 875. The van der Waals surface area contributed by atoms with E-state index >= 15 is 0 Å². The SMILES string of the molecule is Cl.Cl.O=C(NCCc1cn2cccnc2n1)c1ccccc1CC1CCNC1. The zero-order valence-electron chi connectivity index (χ0n) is 15.5. The van der Waals surface area contributed by atoms with Crippen LogP contribution in [0.5, 0.6) is 0 Å². The molecule has 8 heteroatoms. The monoisotopic (exact) mass is 421 g/mol. The van der Waals surface area contributed by atoms with Crippen molar-refractivity contribution in [1.82, 2.24) is 25.0 Å². The highest BCUT2D eigenvalue weighted by molar-refractivity contribution is 5.95. The molecule has 3 heterocycles. The van der Waals surface area contributed by atoms with Gasteiger partial charge in [-0.1, -0.05) is 18.2 Å². The molecule has 0 bridgehead atoms. The second kappa shape index (κ2) is 10.4. The first-order valence-electron chi connectivity index (χ1n) is 9.15. The van der Waals surface area contributed by atoms with Gasteiger partial charge in [-0.2, -0.15) is 0 Å². The van der Waals surface area contributed by atoms with Crippen LogP contribution in [0.2, 0.25) is 0 Å². The summed E-state index contributed by atoms with van der Waals surface area (Å²) < 4.78 is 1.89. The Morgan fingerprint density at radius 1 is 1.25 bits per heavy atom. The summed E-state index contributed by atoms with van der Waals surface area (Å²) in [5.74, 6) is 1.30. The van der Waals surface area contributed by atoms with Gasteiger partial charge in [0, 0.05) is 37.1 Å². The third-order valence-electron chi connectivity index (χ3n) is 4.89. The molecule has 0 aliphatic carbocycles. The van der Waals surface area contributed by atoms with Crippen LogP contribution in [0.3, 0.4) is 0 Å². The molecule has 2 aromatic heterocycles. The first-order chi connectivity index (χ1) is 12.8. The van der Waals surface area contributed by atoms with E-state index in [-0.39, 0.29) is 30.7 Å². The topological polar surface area (TPSA) is 71.3 Å². The Morgan fingerprint density at radius 2 is 2.11 bits per heavy atom. The smallest absolute Gasteiger partial charge is 0.251 e. The number of fused-ring (bicyclic) bond motifs is 1. The molecule has 1 unspecified atom stereocenters. The Labute approximate surface area is 177 Å². The minimum atomic E-state index is -0.00607. The average Bonchev–Trinajstić information content (AvgIpc) is 3.31. The van der Waals surface area contributed by atoms with Crippen molar-refractivity contribution >= 4 is 36.5 Å². The molecule has 6 nitrogen and oxygen atoms in total. The summed E-state index contributed by atoms with van der Waals surface area (Å²) in [6.07, 6.45) is 8.42. The van der Waals surface area contributed by atoms with E-state index < -0.39 is 0 Å². The van der Waals surface area contributed by atoms with Crippen molar-refractivity contribution in [1.29, 1.82) is 0 Å². The summed E-state index contributed by atoms with van der Waals surface area (Å²) in [6.45, 7) is 2.67. The van der Waals surface area contributed by atoms with E-state index in [1.54, 1.807) is 6.20 Å². The number of rotatable bonds is 6. The van der Waals surface area contributed by atoms with Gasteiger partial charge in [0.15, 0.2) is 0 Å². The molecule has 2 N–H and O–H groups in total. The highest BCUT2D eigenvalue weighted by Gasteiger charge is 2.18. The zero-order valence-corrected chi connectivity index (χ0v) is 17.1. The molecule has 0 radical (unpaired) electrons. The van der Waals surface area contributed by atoms with Crippen LogP contribution in [0.25, 0.3) is 5.78 Å². The summed E-state index contributed by atoms with van der Waals surface area (Å²) in [4.78, 5) is 21.3. The van der Waals surface area contributed by atoms with E-state index in [2.05, 4.69) is 26.7 Å². The van der Waals surface area contributed by atoms with Gasteiger partial charge in [0.25, 0.3) is 5.91 Å². The molecule has 1 amide bonds. The lowest BCUT2D eigenvalue weighted by molar-refractivity contribution is 0.0953. The van der Waals surface area contributed by atoms with Crippen LogP contribution in [-0.4, -0.2) is 39.9 Å². The molecule has 0 saturated carbocycles. The summed E-state index contributed by atoms with van der Waals surface area (Å²) in [5.41, 5.74) is 2.85. The number of hydrogen-bond donors (Lipinski definition) is 2. The van der Waals surface area contributed by atoms with Crippen molar-refractivity contribution in [2.24, 2.45) is 5.92 Å². The van der Waals surface area contributed by atoms with E-state index in [4.69, 9.17) is 0 Å².